The Morgan fingerprint density at radius 1 is 1.47 bits per heavy atom. The summed E-state index contributed by atoms with van der Waals surface area (Å²) in [4.78, 5) is 0.549. The summed E-state index contributed by atoms with van der Waals surface area (Å²) < 4.78 is 34.6. The Hall–Kier alpha value is -0.260. The van der Waals surface area contributed by atoms with Gasteiger partial charge in [0, 0.05) is 15.6 Å². The summed E-state index contributed by atoms with van der Waals surface area (Å²) in [5, 5.41) is 0. The summed E-state index contributed by atoms with van der Waals surface area (Å²) >= 11 is 1.31. The predicted molar refractivity (Wildman–Crippen MR) is 61.5 cm³/mol. The van der Waals surface area contributed by atoms with Gasteiger partial charge in [-0.3, -0.25) is 0 Å². The van der Waals surface area contributed by atoms with E-state index in [2.05, 4.69) is 0 Å². The Labute approximate surface area is 97.2 Å². The van der Waals surface area contributed by atoms with E-state index in [-0.39, 0.29) is 18.0 Å². The minimum absolute atomic E-state index is 0.174. The van der Waals surface area contributed by atoms with E-state index in [0.717, 1.165) is 0 Å². The highest BCUT2D eigenvalue weighted by atomic mass is 35.7. The fraction of sp³-hybridized carbons (Fsp3) is 0.333. The van der Waals surface area contributed by atoms with Gasteiger partial charge in [-0.25, -0.2) is 12.8 Å². The van der Waals surface area contributed by atoms with Crippen LogP contribution in [0.2, 0.25) is 0 Å². The van der Waals surface area contributed by atoms with E-state index >= 15 is 0 Å². The van der Waals surface area contributed by atoms with Gasteiger partial charge in [-0.15, -0.1) is 11.8 Å². The lowest BCUT2D eigenvalue weighted by atomic mass is 10.2. The van der Waals surface area contributed by atoms with E-state index in [1.54, 1.807) is 18.4 Å². The van der Waals surface area contributed by atoms with Crippen molar-refractivity contribution in [1.29, 1.82) is 0 Å². The molecule has 1 rings (SSSR count). The van der Waals surface area contributed by atoms with Crippen LogP contribution in [0.15, 0.2) is 23.1 Å². The largest absolute Gasteiger partial charge is 0.232 e. The van der Waals surface area contributed by atoms with Crippen molar-refractivity contribution in [3.05, 3.63) is 29.6 Å². The van der Waals surface area contributed by atoms with Crippen LogP contribution in [0.3, 0.4) is 0 Å². The van der Waals surface area contributed by atoms with E-state index in [9.17, 15) is 12.8 Å². The second kappa shape index (κ2) is 5.18. The zero-order valence-electron chi connectivity index (χ0n) is 8.04. The van der Waals surface area contributed by atoms with Crippen molar-refractivity contribution < 1.29 is 12.8 Å². The summed E-state index contributed by atoms with van der Waals surface area (Å²) in [6.45, 7) is 0. The third kappa shape index (κ3) is 4.40. The molecule has 0 aliphatic heterocycles. The van der Waals surface area contributed by atoms with Crippen LogP contribution in [0.5, 0.6) is 0 Å². The molecule has 0 amide bonds. The second-order valence-corrected chi connectivity index (χ2v) is 6.71. The lowest BCUT2D eigenvalue weighted by Gasteiger charge is -2.02. The van der Waals surface area contributed by atoms with Gasteiger partial charge in [0.2, 0.25) is 9.05 Å². The molecular weight excluding hydrogens is 259 g/mol. The highest BCUT2D eigenvalue weighted by Crippen LogP contribution is 2.20. The first-order valence-electron chi connectivity index (χ1n) is 4.17. The fourth-order valence-corrected chi connectivity index (χ4v) is 2.27. The van der Waals surface area contributed by atoms with Crippen LogP contribution in [0.4, 0.5) is 4.39 Å². The Kier molecular flexibility index (Phi) is 4.43. The summed E-state index contributed by atoms with van der Waals surface area (Å²) in [6, 6.07) is 4.68. The molecule has 2 nitrogen and oxygen atoms in total. The van der Waals surface area contributed by atoms with E-state index in [4.69, 9.17) is 10.7 Å². The Morgan fingerprint density at radius 3 is 2.60 bits per heavy atom. The molecule has 0 atom stereocenters. The van der Waals surface area contributed by atoms with Gasteiger partial charge in [0.15, 0.2) is 0 Å². The maximum atomic E-state index is 13.3. The molecule has 0 radical (unpaired) electrons. The Morgan fingerprint density at radius 2 is 2.13 bits per heavy atom. The van der Waals surface area contributed by atoms with Gasteiger partial charge < -0.3 is 0 Å². The molecule has 15 heavy (non-hydrogen) atoms. The van der Waals surface area contributed by atoms with Crippen molar-refractivity contribution in [2.24, 2.45) is 0 Å². The zero-order chi connectivity index (χ0) is 11.5. The van der Waals surface area contributed by atoms with Gasteiger partial charge in [-0.2, -0.15) is 0 Å². The van der Waals surface area contributed by atoms with Crippen LogP contribution in [0, 0.1) is 5.82 Å². The average Bonchev–Trinajstić information content (AvgIpc) is 2.14. The summed E-state index contributed by atoms with van der Waals surface area (Å²) in [5.41, 5.74) is 0.634. The highest BCUT2D eigenvalue weighted by molar-refractivity contribution is 8.13. The molecule has 0 N–H and O–H groups in total. The molecule has 0 fully saturated rings. The second-order valence-electron chi connectivity index (χ2n) is 2.96. The predicted octanol–water partition coefficient (Wildman–Crippen LogP) is 2.66. The number of aryl methyl sites for hydroxylation is 1. The van der Waals surface area contributed by atoms with Gasteiger partial charge in [0.05, 0.1) is 5.75 Å². The average molecular weight is 269 g/mol. The summed E-state index contributed by atoms with van der Waals surface area (Å²) in [6.07, 6.45) is 2.01. The molecule has 84 valence electrons. The lowest BCUT2D eigenvalue weighted by Crippen LogP contribution is -2.01. The maximum Gasteiger partial charge on any atom is 0.232 e. The molecule has 0 unspecified atom stereocenters. The van der Waals surface area contributed by atoms with E-state index < -0.39 is 9.05 Å². The van der Waals surface area contributed by atoms with Crippen LogP contribution in [0.1, 0.15) is 5.56 Å². The van der Waals surface area contributed by atoms with Crippen molar-refractivity contribution in [3.8, 4) is 0 Å². The number of hydrogen-bond donors (Lipinski definition) is 0. The summed E-state index contributed by atoms with van der Waals surface area (Å²) in [7, 11) is 1.55. The zero-order valence-corrected chi connectivity index (χ0v) is 10.4. The summed E-state index contributed by atoms with van der Waals surface area (Å²) in [5.74, 6) is -0.501. The molecule has 0 heterocycles. The van der Waals surface area contributed by atoms with Crippen LogP contribution in [-0.4, -0.2) is 20.4 Å². The van der Waals surface area contributed by atoms with Gasteiger partial charge in [-0.05, 0) is 30.4 Å². The van der Waals surface area contributed by atoms with Crippen molar-refractivity contribution in [3.63, 3.8) is 0 Å². The number of halogens is 2. The van der Waals surface area contributed by atoms with Gasteiger partial charge in [0.1, 0.15) is 5.82 Å². The molecule has 0 aromatic heterocycles. The third-order valence-electron chi connectivity index (χ3n) is 1.85. The molecule has 0 aliphatic carbocycles. The quantitative estimate of drug-likeness (QED) is 0.622. The maximum absolute atomic E-state index is 13.3. The highest BCUT2D eigenvalue weighted by Gasteiger charge is 2.07. The van der Waals surface area contributed by atoms with Gasteiger partial charge in [-0.1, -0.05) is 6.07 Å². The van der Waals surface area contributed by atoms with Crippen molar-refractivity contribution >= 4 is 31.5 Å². The van der Waals surface area contributed by atoms with Crippen LogP contribution in [0.25, 0.3) is 0 Å². The van der Waals surface area contributed by atoms with Crippen molar-refractivity contribution in [2.45, 2.75) is 11.3 Å². The van der Waals surface area contributed by atoms with Crippen LogP contribution in [-0.2, 0) is 15.5 Å². The normalized spacial score (nSPS) is 11.7. The molecule has 6 heteroatoms. The molecule has 0 spiro atoms. The molecular formula is C9H10ClFO2S2. The first-order valence-corrected chi connectivity index (χ1v) is 7.87. The monoisotopic (exact) mass is 268 g/mol. The Bertz CT molecular complexity index is 445. The minimum atomic E-state index is -3.51. The third-order valence-corrected chi connectivity index (χ3v) is 3.78. The number of thioether (sulfide) groups is 1. The van der Waals surface area contributed by atoms with Crippen molar-refractivity contribution in [1.82, 2.24) is 0 Å². The molecule has 0 bridgehead atoms. The SMILES string of the molecule is CSc1ccc(CCS(=O)(=O)Cl)cc1F. The van der Waals surface area contributed by atoms with E-state index in [1.807, 2.05) is 0 Å². The van der Waals surface area contributed by atoms with E-state index in [1.165, 1.54) is 17.8 Å². The van der Waals surface area contributed by atoms with Gasteiger partial charge >= 0.3 is 0 Å². The van der Waals surface area contributed by atoms with E-state index in [0.29, 0.717) is 10.5 Å². The Balaban J connectivity index is 2.76. The lowest BCUT2D eigenvalue weighted by molar-refractivity contribution is 0.598. The van der Waals surface area contributed by atoms with Gasteiger partial charge in [0.25, 0.3) is 0 Å². The topological polar surface area (TPSA) is 34.1 Å². The molecule has 0 saturated heterocycles. The minimum Gasteiger partial charge on any atom is -0.212 e. The number of benzene rings is 1. The number of rotatable bonds is 4. The van der Waals surface area contributed by atoms with Crippen LogP contribution >= 0.6 is 22.4 Å². The smallest absolute Gasteiger partial charge is 0.212 e. The van der Waals surface area contributed by atoms with Crippen LogP contribution < -0.4 is 0 Å². The number of hydrogen-bond acceptors (Lipinski definition) is 3. The molecule has 1 aromatic carbocycles. The molecule has 0 saturated carbocycles. The van der Waals surface area contributed by atoms with Crippen molar-refractivity contribution in [2.75, 3.05) is 12.0 Å². The first-order chi connectivity index (χ1) is 6.92. The molecule has 1 aromatic rings. The first kappa shape index (κ1) is 12.8. The standard InChI is InChI=1S/C9H10ClFO2S2/c1-14-9-3-2-7(6-8(9)11)4-5-15(10,12)13/h2-3,6H,4-5H2,1H3. The fourth-order valence-electron chi connectivity index (χ4n) is 1.11. The molecule has 0 aliphatic rings.